The molecule has 0 aromatic heterocycles. The van der Waals surface area contributed by atoms with E-state index < -0.39 is 17.4 Å². The van der Waals surface area contributed by atoms with Crippen molar-refractivity contribution in [2.75, 3.05) is 0 Å². The van der Waals surface area contributed by atoms with E-state index >= 15 is 0 Å². The standard InChI is InChI=1S/C12H26O2Si.C8H18O2Si/c1-7-8-9-15(10(2)3,11(4)5)14-12(6)13;1-8(2,3)6-7(9)10-11(4)5/h10-11H,7-9H2,1-6H3;11H,6H2,1-5H3. The van der Waals surface area contributed by atoms with E-state index in [1.807, 2.05) is 33.9 Å². The zero-order chi connectivity index (χ0) is 21.1. The van der Waals surface area contributed by atoms with Crippen LogP contribution < -0.4 is 0 Å². The van der Waals surface area contributed by atoms with Gasteiger partial charge < -0.3 is 8.85 Å². The van der Waals surface area contributed by atoms with Crippen molar-refractivity contribution < 1.29 is 18.4 Å². The quantitative estimate of drug-likeness (QED) is 0.461. The fourth-order valence-corrected chi connectivity index (χ4v) is 8.10. The van der Waals surface area contributed by atoms with Gasteiger partial charge in [0.1, 0.15) is 0 Å². The first-order valence-electron chi connectivity index (χ1n) is 10.1. The lowest BCUT2D eigenvalue weighted by Crippen LogP contribution is -2.45. The highest BCUT2D eigenvalue weighted by Gasteiger charge is 2.43. The van der Waals surface area contributed by atoms with Crippen LogP contribution in [0.3, 0.4) is 0 Å². The number of hydrogen-bond donors (Lipinski definition) is 0. The number of unbranched alkanes of at least 4 members (excludes halogenated alkanes) is 1. The zero-order valence-electron chi connectivity index (χ0n) is 19.2. The number of rotatable bonds is 8. The molecule has 0 aliphatic heterocycles. The second-order valence-electron chi connectivity index (χ2n) is 9.24. The fraction of sp³-hybridized carbons (Fsp3) is 0.900. The predicted octanol–water partition coefficient (Wildman–Crippen LogP) is 6.06. The number of carbonyl (C=O) groups excluding carboxylic acids is 2. The summed E-state index contributed by atoms with van der Waals surface area (Å²) in [7, 11) is -3.05. The molecule has 0 aliphatic rings. The van der Waals surface area contributed by atoms with E-state index in [1.165, 1.54) is 12.8 Å². The van der Waals surface area contributed by atoms with E-state index in [-0.39, 0.29) is 17.4 Å². The second kappa shape index (κ2) is 12.7. The molecule has 0 aliphatic carbocycles. The van der Waals surface area contributed by atoms with Gasteiger partial charge >= 0.3 is 0 Å². The molecule has 0 aromatic rings. The van der Waals surface area contributed by atoms with Crippen molar-refractivity contribution in [3.63, 3.8) is 0 Å². The van der Waals surface area contributed by atoms with E-state index in [0.717, 1.165) is 6.04 Å². The molecule has 0 amide bonds. The van der Waals surface area contributed by atoms with Gasteiger partial charge in [0.2, 0.25) is 9.04 Å². The van der Waals surface area contributed by atoms with Gasteiger partial charge in [-0.2, -0.15) is 0 Å². The van der Waals surface area contributed by atoms with Crippen LogP contribution >= 0.6 is 0 Å². The summed E-state index contributed by atoms with van der Waals surface area (Å²) in [6, 6.07) is 1.11. The SMILES string of the molecule is CCCC[Si](OC(C)=O)(C(C)C)C(C)C.C[SiH](C)OC(=O)CC(C)(C)C. The Labute approximate surface area is 165 Å². The molecule has 0 atom stereocenters. The van der Waals surface area contributed by atoms with Gasteiger partial charge in [-0.15, -0.1) is 0 Å². The maximum atomic E-state index is 11.2. The molecule has 0 rings (SSSR count). The lowest BCUT2D eigenvalue weighted by Gasteiger charge is -2.37. The molecule has 6 heteroatoms. The smallest absolute Gasteiger partial charge is 0.292 e. The first-order valence-corrected chi connectivity index (χ1v) is 15.1. The molecule has 0 heterocycles. The van der Waals surface area contributed by atoms with Crippen LogP contribution in [0.15, 0.2) is 0 Å². The Hall–Kier alpha value is -0.626. The Morgan fingerprint density at radius 3 is 1.77 bits per heavy atom. The summed E-state index contributed by atoms with van der Waals surface area (Å²) in [5, 5.41) is 0. The summed E-state index contributed by atoms with van der Waals surface area (Å²) in [4.78, 5) is 22.3. The van der Waals surface area contributed by atoms with Crippen LogP contribution in [0.5, 0.6) is 0 Å². The van der Waals surface area contributed by atoms with E-state index in [2.05, 4.69) is 34.6 Å². The Bertz CT molecular complexity index is 405. The molecule has 156 valence electrons. The molecular formula is C20H44O4Si2. The molecule has 0 spiro atoms. The summed E-state index contributed by atoms with van der Waals surface area (Å²) in [6.45, 7) is 22.6. The van der Waals surface area contributed by atoms with Gasteiger partial charge in [0, 0.05) is 13.3 Å². The molecule has 0 bridgehead atoms. The van der Waals surface area contributed by atoms with Gasteiger partial charge in [-0.05, 0) is 35.6 Å². The van der Waals surface area contributed by atoms with Gasteiger partial charge in [0.15, 0.2) is 0 Å². The van der Waals surface area contributed by atoms with Crippen molar-refractivity contribution in [1.29, 1.82) is 0 Å². The van der Waals surface area contributed by atoms with Gasteiger partial charge in [-0.25, -0.2) is 0 Å². The lowest BCUT2D eigenvalue weighted by molar-refractivity contribution is -0.136. The number of hydrogen-bond acceptors (Lipinski definition) is 4. The third-order valence-electron chi connectivity index (χ3n) is 4.25. The topological polar surface area (TPSA) is 52.6 Å². The van der Waals surface area contributed by atoms with Crippen molar-refractivity contribution >= 4 is 29.3 Å². The second-order valence-corrected chi connectivity index (χ2v) is 16.5. The maximum Gasteiger partial charge on any atom is 0.292 e. The van der Waals surface area contributed by atoms with Crippen LogP contribution in [-0.2, 0) is 18.4 Å². The molecule has 0 unspecified atom stereocenters. The minimum Gasteiger partial charge on any atom is -0.523 e. The van der Waals surface area contributed by atoms with E-state index in [1.54, 1.807) is 6.92 Å². The Morgan fingerprint density at radius 2 is 1.50 bits per heavy atom. The first-order chi connectivity index (χ1) is 11.7. The van der Waals surface area contributed by atoms with Crippen LogP contribution in [0, 0.1) is 5.41 Å². The van der Waals surface area contributed by atoms with E-state index in [0.29, 0.717) is 17.5 Å². The molecular weight excluding hydrogens is 360 g/mol. The van der Waals surface area contributed by atoms with Gasteiger partial charge in [0.05, 0.1) is 0 Å². The molecule has 0 saturated heterocycles. The van der Waals surface area contributed by atoms with Crippen LogP contribution in [0.2, 0.25) is 30.2 Å². The van der Waals surface area contributed by atoms with Crippen LogP contribution in [-0.4, -0.2) is 29.3 Å². The number of carbonyl (C=O) groups is 2. The van der Waals surface area contributed by atoms with Crippen molar-refractivity contribution in [3.05, 3.63) is 0 Å². The molecule has 0 saturated carbocycles. The predicted molar refractivity (Wildman–Crippen MR) is 116 cm³/mol. The summed E-state index contributed by atoms with van der Waals surface area (Å²) in [6.07, 6.45) is 2.88. The summed E-state index contributed by atoms with van der Waals surface area (Å²) in [5.41, 5.74) is 1.07. The molecule has 0 N–H and O–H groups in total. The largest absolute Gasteiger partial charge is 0.523 e. The van der Waals surface area contributed by atoms with E-state index in [9.17, 15) is 9.59 Å². The van der Waals surface area contributed by atoms with Crippen molar-refractivity contribution in [2.24, 2.45) is 5.41 Å². The van der Waals surface area contributed by atoms with E-state index in [4.69, 9.17) is 8.85 Å². The first kappa shape index (κ1) is 27.6. The third-order valence-corrected chi connectivity index (χ3v) is 10.7. The third kappa shape index (κ3) is 12.7. The average molecular weight is 405 g/mol. The molecule has 0 fully saturated rings. The van der Waals surface area contributed by atoms with Crippen LogP contribution in [0.4, 0.5) is 0 Å². The zero-order valence-corrected chi connectivity index (χ0v) is 21.3. The monoisotopic (exact) mass is 404 g/mol. The van der Waals surface area contributed by atoms with Gasteiger partial charge in [-0.3, -0.25) is 9.59 Å². The van der Waals surface area contributed by atoms with Crippen molar-refractivity contribution in [2.45, 2.75) is 112 Å². The maximum absolute atomic E-state index is 11.2. The fourth-order valence-electron chi connectivity index (χ4n) is 2.99. The summed E-state index contributed by atoms with van der Waals surface area (Å²) in [5.74, 6) is -0.140. The molecule has 26 heavy (non-hydrogen) atoms. The Kier molecular flexibility index (Phi) is 13.5. The minimum atomic E-state index is -1.88. The molecule has 0 aromatic carbocycles. The average Bonchev–Trinajstić information content (AvgIpc) is 2.39. The van der Waals surface area contributed by atoms with Crippen molar-refractivity contribution in [3.8, 4) is 0 Å². The molecule has 4 nitrogen and oxygen atoms in total. The van der Waals surface area contributed by atoms with Gasteiger partial charge in [0.25, 0.3) is 20.3 Å². The summed E-state index contributed by atoms with van der Waals surface area (Å²) < 4.78 is 10.9. The van der Waals surface area contributed by atoms with Crippen LogP contribution in [0.25, 0.3) is 0 Å². The highest BCUT2D eigenvalue weighted by molar-refractivity contribution is 6.77. The Morgan fingerprint density at radius 1 is 1.04 bits per heavy atom. The molecule has 0 radical (unpaired) electrons. The Balaban J connectivity index is 0. The van der Waals surface area contributed by atoms with Gasteiger partial charge in [-0.1, -0.05) is 68.2 Å². The van der Waals surface area contributed by atoms with Crippen molar-refractivity contribution in [1.82, 2.24) is 0 Å². The lowest BCUT2D eigenvalue weighted by atomic mass is 9.93. The normalized spacial score (nSPS) is 12.1. The minimum absolute atomic E-state index is 0.0424. The summed E-state index contributed by atoms with van der Waals surface area (Å²) >= 11 is 0. The highest BCUT2D eigenvalue weighted by Crippen LogP contribution is 2.38. The highest BCUT2D eigenvalue weighted by atomic mass is 28.4. The van der Waals surface area contributed by atoms with Crippen LogP contribution in [0.1, 0.15) is 81.6 Å².